The summed E-state index contributed by atoms with van der Waals surface area (Å²) in [5, 5.41) is 11.1. The van der Waals surface area contributed by atoms with E-state index in [4.69, 9.17) is 0 Å². The molecule has 0 unspecified atom stereocenters. The summed E-state index contributed by atoms with van der Waals surface area (Å²) in [5.41, 5.74) is 2.01. The summed E-state index contributed by atoms with van der Waals surface area (Å²) in [6.45, 7) is 16.5. The number of aliphatic hydroxyl groups is 1. The van der Waals surface area contributed by atoms with E-state index in [1.165, 1.54) is 44.9 Å². The van der Waals surface area contributed by atoms with Crippen LogP contribution in [0.4, 0.5) is 0 Å². The molecule has 0 saturated heterocycles. The molecule has 0 aromatic rings. The van der Waals surface area contributed by atoms with Crippen molar-refractivity contribution < 1.29 is 5.11 Å². The maximum absolute atomic E-state index is 11.1. The smallest absolute Gasteiger partial charge is 0.0806 e. The van der Waals surface area contributed by atoms with Crippen LogP contribution in [0.15, 0.2) is 12.2 Å². The van der Waals surface area contributed by atoms with Gasteiger partial charge in [-0.1, -0.05) is 47.6 Å². The maximum atomic E-state index is 11.1. The molecule has 3 aliphatic rings. The van der Waals surface area contributed by atoms with E-state index in [9.17, 15) is 5.11 Å². The third-order valence-electron chi connectivity index (χ3n) is 8.34. The van der Waals surface area contributed by atoms with Gasteiger partial charge in [-0.05, 0) is 72.7 Å². The minimum absolute atomic E-state index is 0.0422. The second kappa shape index (κ2) is 5.10. The van der Waals surface area contributed by atoms with Gasteiger partial charge in [0.15, 0.2) is 0 Å². The van der Waals surface area contributed by atoms with E-state index in [2.05, 4.69) is 41.2 Å². The fourth-order valence-corrected chi connectivity index (χ4v) is 6.97. The maximum Gasteiger partial charge on any atom is 0.0806 e. The zero-order chi connectivity index (χ0) is 16.3. The first-order valence-electron chi connectivity index (χ1n) is 9.50. The third-order valence-corrected chi connectivity index (χ3v) is 8.34. The van der Waals surface area contributed by atoms with Crippen molar-refractivity contribution in [3.05, 3.63) is 12.2 Å². The SMILES string of the molecule is C=C1[C@H](C)CC[C@H]2[C@]3(C)CCCC(C)(C)[C@H]3CC[C@]2(C)[C@H]1O. The van der Waals surface area contributed by atoms with Gasteiger partial charge in [0, 0.05) is 5.41 Å². The highest BCUT2D eigenvalue weighted by Gasteiger charge is 2.60. The zero-order valence-electron chi connectivity index (χ0n) is 15.4. The Morgan fingerprint density at radius 2 is 1.59 bits per heavy atom. The molecule has 0 aromatic carbocycles. The van der Waals surface area contributed by atoms with Gasteiger partial charge in [-0.3, -0.25) is 0 Å². The Morgan fingerprint density at radius 1 is 0.909 bits per heavy atom. The summed E-state index contributed by atoms with van der Waals surface area (Å²) in [7, 11) is 0. The average Bonchev–Trinajstić information content (AvgIpc) is 2.50. The Hall–Kier alpha value is -0.300. The molecule has 3 aliphatic carbocycles. The van der Waals surface area contributed by atoms with E-state index in [-0.39, 0.29) is 11.5 Å². The van der Waals surface area contributed by atoms with Gasteiger partial charge in [0.05, 0.1) is 6.10 Å². The van der Waals surface area contributed by atoms with E-state index >= 15 is 0 Å². The Morgan fingerprint density at radius 3 is 2.27 bits per heavy atom. The van der Waals surface area contributed by atoms with E-state index in [1.807, 2.05) is 0 Å². The molecule has 126 valence electrons. The van der Waals surface area contributed by atoms with Crippen molar-refractivity contribution in [2.45, 2.75) is 85.7 Å². The van der Waals surface area contributed by atoms with E-state index < -0.39 is 0 Å². The van der Waals surface area contributed by atoms with Crippen LogP contribution < -0.4 is 0 Å². The Kier molecular flexibility index (Phi) is 3.84. The number of fused-ring (bicyclic) bond motifs is 3. The quantitative estimate of drug-likeness (QED) is 0.579. The number of hydrogen-bond donors (Lipinski definition) is 1. The standard InChI is InChI=1S/C21H36O/c1-14-8-9-17-20(5)12-7-11-19(3,4)16(20)10-13-21(17,6)18(22)15(14)2/h14,16-18,22H,2,7-13H2,1,3-6H3/t14-,16-,17+,18+,20-,21+/m1/s1. The van der Waals surface area contributed by atoms with Gasteiger partial charge in [0.1, 0.15) is 0 Å². The largest absolute Gasteiger partial charge is 0.388 e. The van der Waals surface area contributed by atoms with Crippen molar-refractivity contribution in [2.24, 2.45) is 34.0 Å². The van der Waals surface area contributed by atoms with Crippen LogP contribution in [-0.4, -0.2) is 11.2 Å². The molecule has 6 atom stereocenters. The summed E-state index contributed by atoms with van der Waals surface area (Å²) in [4.78, 5) is 0. The molecule has 0 radical (unpaired) electrons. The lowest BCUT2D eigenvalue weighted by Crippen LogP contribution is -2.57. The molecule has 0 aromatic heterocycles. The van der Waals surface area contributed by atoms with Crippen LogP contribution in [0.1, 0.15) is 79.6 Å². The van der Waals surface area contributed by atoms with E-state index in [0.29, 0.717) is 22.7 Å². The van der Waals surface area contributed by atoms with Crippen LogP contribution >= 0.6 is 0 Å². The molecule has 3 saturated carbocycles. The third kappa shape index (κ3) is 2.14. The minimum atomic E-state index is -0.308. The molecule has 3 fully saturated rings. The van der Waals surface area contributed by atoms with Crippen LogP contribution in [0.2, 0.25) is 0 Å². The molecule has 0 spiro atoms. The van der Waals surface area contributed by atoms with Gasteiger partial charge in [0.2, 0.25) is 0 Å². The molecule has 0 bridgehead atoms. The number of aliphatic hydroxyl groups excluding tert-OH is 1. The highest BCUT2D eigenvalue weighted by Crippen LogP contribution is 2.67. The second-order valence-corrected chi connectivity index (χ2v) is 9.95. The lowest BCUT2D eigenvalue weighted by molar-refractivity contribution is -0.155. The molecule has 1 N–H and O–H groups in total. The second-order valence-electron chi connectivity index (χ2n) is 9.95. The van der Waals surface area contributed by atoms with Crippen LogP contribution in [-0.2, 0) is 0 Å². The lowest BCUT2D eigenvalue weighted by atomic mass is 9.42. The first-order valence-corrected chi connectivity index (χ1v) is 9.50. The minimum Gasteiger partial charge on any atom is -0.388 e. The van der Waals surface area contributed by atoms with Crippen molar-refractivity contribution in [1.82, 2.24) is 0 Å². The summed E-state index contributed by atoms with van der Waals surface area (Å²) >= 11 is 0. The van der Waals surface area contributed by atoms with Gasteiger partial charge < -0.3 is 5.11 Å². The predicted octanol–water partition coefficient (Wildman–Crippen LogP) is 5.58. The molecular weight excluding hydrogens is 268 g/mol. The highest BCUT2D eigenvalue weighted by molar-refractivity contribution is 5.19. The fourth-order valence-electron chi connectivity index (χ4n) is 6.97. The Balaban J connectivity index is 2.03. The monoisotopic (exact) mass is 304 g/mol. The van der Waals surface area contributed by atoms with Crippen LogP contribution in [0.5, 0.6) is 0 Å². The summed E-state index contributed by atoms with van der Waals surface area (Å²) in [6, 6.07) is 0. The van der Waals surface area contributed by atoms with Gasteiger partial charge in [-0.2, -0.15) is 0 Å². The molecule has 22 heavy (non-hydrogen) atoms. The summed E-state index contributed by atoms with van der Waals surface area (Å²) in [6.07, 6.45) is 8.73. The molecule has 0 aliphatic heterocycles. The van der Waals surface area contributed by atoms with E-state index in [1.54, 1.807) is 0 Å². The normalized spacial score (nSPS) is 51.6. The van der Waals surface area contributed by atoms with Gasteiger partial charge in [-0.25, -0.2) is 0 Å². The van der Waals surface area contributed by atoms with Gasteiger partial charge >= 0.3 is 0 Å². The molecule has 0 heterocycles. The first kappa shape index (κ1) is 16.6. The lowest BCUT2D eigenvalue weighted by Gasteiger charge is -2.63. The summed E-state index contributed by atoms with van der Waals surface area (Å²) in [5.74, 6) is 1.94. The van der Waals surface area contributed by atoms with Crippen molar-refractivity contribution >= 4 is 0 Å². The summed E-state index contributed by atoms with van der Waals surface area (Å²) < 4.78 is 0. The van der Waals surface area contributed by atoms with Crippen LogP contribution in [0.25, 0.3) is 0 Å². The van der Waals surface area contributed by atoms with Crippen molar-refractivity contribution in [1.29, 1.82) is 0 Å². The van der Waals surface area contributed by atoms with Crippen molar-refractivity contribution in [3.8, 4) is 0 Å². The van der Waals surface area contributed by atoms with Gasteiger partial charge in [-0.15, -0.1) is 0 Å². The highest BCUT2D eigenvalue weighted by atomic mass is 16.3. The van der Waals surface area contributed by atoms with E-state index in [0.717, 1.165) is 11.5 Å². The van der Waals surface area contributed by atoms with Crippen LogP contribution in [0.3, 0.4) is 0 Å². The molecule has 0 amide bonds. The van der Waals surface area contributed by atoms with Crippen molar-refractivity contribution in [2.75, 3.05) is 0 Å². The predicted molar refractivity (Wildman–Crippen MR) is 93.6 cm³/mol. The zero-order valence-corrected chi connectivity index (χ0v) is 15.4. The first-order chi connectivity index (χ1) is 10.1. The van der Waals surface area contributed by atoms with Gasteiger partial charge in [0.25, 0.3) is 0 Å². The Labute approximate surface area is 137 Å². The molecule has 1 nitrogen and oxygen atoms in total. The van der Waals surface area contributed by atoms with Crippen molar-refractivity contribution in [3.63, 3.8) is 0 Å². The molecule has 1 heteroatoms. The number of hydrogen-bond acceptors (Lipinski definition) is 1. The fraction of sp³-hybridized carbons (Fsp3) is 0.905. The molecular formula is C21H36O. The average molecular weight is 305 g/mol. The topological polar surface area (TPSA) is 20.2 Å². The molecule has 3 rings (SSSR count). The number of rotatable bonds is 0. The van der Waals surface area contributed by atoms with Crippen LogP contribution in [0, 0.1) is 34.0 Å². The Bertz CT molecular complexity index is 465.